The molecule has 0 unspecified atom stereocenters. The molecule has 178 valence electrons. The van der Waals surface area contributed by atoms with Gasteiger partial charge in [0.25, 0.3) is 15.9 Å². The summed E-state index contributed by atoms with van der Waals surface area (Å²) in [6.07, 6.45) is 8.60. The van der Waals surface area contributed by atoms with Gasteiger partial charge >= 0.3 is 0 Å². The maximum absolute atomic E-state index is 13.4. The number of sulfonamides is 1. The number of hydrogen-bond acceptors (Lipinski definition) is 4. The van der Waals surface area contributed by atoms with Gasteiger partial charge < -0.3 is 10.1 Å². The minimum absolute atomic E-state index is 0.0642. The third-order valence-corrected chi connectivity index (χ3v) is 8.49. The molecule has 0 spiro atoms. The van der Waals surface area contributed by atoms with Crippen LogP contribution in [0.3, 0.4) is 0 Å². The summed E-state index contributed by atoms with van der Waals surface area (Å²) in [5.74, 6) is -0.381. The lowest BCUT2D eigenvalue weighted by molar-refractivity contribution is 0.0273. The zero-order chi connectivity index (χ0) is 23.3. The number of nitrogens with zero attached hydrogens (tertiary/aromatic N) is 1. The number of nitrogens with one attached hydrogen (secondary N) is 1. The quantitative estimate of drug-likeness (QED) is 0.531. The highest BCUT2D eigenvalue weighted by atomic mass is 35.5. The molecule has 0 atom stereocenters. The summed E-state index contributed by atoms with van der Waals surface area (Å²) in [4.78, 5) is 12.8. The molecule has 4 rings (SSSR count). The number of fused-ring (bicyclic) bond motifs is 1. The van der Waals surface area contributed by atoms with Crippen molar-refractivity contribution >= 4 is 33.2 Å². The first-order valence-corrected chi connectivity index (χ1v) is 13.6. The van der Waals surface area contributed by atoms with Crippen molar-refractivity contribution in [2.24, 2.45) is 0 Å². The van der Waals surface area contributed by atoms with Crippen molar-refractivity contribution in [2.45, 2.75) is 62.4 Å². The Morgan fingerprint density at radius 2 is 1.88 bits per heavy atom. The van der Waals surface area contributed by atoms with E-state index in [0.29, 0.717) is 37.9 Å². The van der Waals surface area contributed by atoms with Crippen molar-refractivity contribution in [1.29, 1.82) is 0 Å². The maximum Gasteiger partial charge on any atom is 0.264 e. The fraction of sp³-hybridized carbons (Fsp3) is 0.480. The van der Waals surface area contributed by atoms with Gasteiger partial charge in [-0.25, -0.2) is 8.42 Å². The lowest BCUT2D eigenvalue weighted by Gasteiger charge is -2.30. The number of para-hydroxylation sites is 1. The van der Waals surface area contributed by atoms with Crippen molar-refractivity contribution in [1.82, 2.24) is 5.32 Å². The molecule has 8 heteroatoms. The molecule has 6 nitrogen and oxygen atoms in total. The average Bonchev–Trinajstić information content (AvgIpc) is 2.84. The number of rotatable bonds is 8. The Balaban J connectivity index is 1.40. The molecule has 1 aliphatic carbocycles. The van der Waals surface area contributed by atoms with Crippen LogP contribution in [0, 0.1) is 0 Å². The minimum atomic E-state index is -3.82. The Morgan fingerprint density at radius 1 is 1.09 bits per heavy atom. The summed E-state index contributed by atoms with van der Waals surface area (Å²) in [5.41, 5.74) is 1.87. The molecule has 0 aromatic heterocycles. The van der Waals surface area contributed by atoms with E-state index in [1.54, 1.807) is 0 Å². The fourth-order valence-electron chi connectivity index (χ4n) is 4.57. The normalized spacial score (nSPS) is 16.9. The SMILES string of the molecule is O=C(NCCCOC1CCCCC1)c1cc(S(=O)(=O)N2CCCc3ccccc32)ccc1Cl. The average molecular weight is 491 g/mol. The van der Waals surface area contributed by atoms with E-state index in [1.165, 1.54) is 41.8 Å². The van der Waals surface area contributed by atoms with Crippen molar-refractivity contribution in [3.63, 3.8) is 0 Å². The van der Waals surface area contributed by atoms with Crippen molar-refractivity contribution in [3.05, 3.63) is 58.6 Å². The van der Waals surface area contributed by atoms with E-state index in [1.807, 2.05) is 24.3 Å². The number of halogens is 1. The summed E-state index contributed by atoms with van der Waals surface area (Å²) in [6, 6.07) is 11.9. The molecule has 2 aromatic carbocycles. The summed E-state index contributed by atoms with van der Waals surface area (Å²) >= 11 is 6.26. The van der Waals surface area contributed by atoms with Crippen LogP contribution in [0.25, 0.3) is 0 Å². The third kappa shape index (κ3) is 5.70. The van der Waals surface area contributed by atoms with Crippen LogP contribution in [0.4, 0.5) is 5.69 Å². The van der Waals surface area contributed by atoms with Gasteiger partial charge in [0, 0.05) is 19.7 Å². The maximum atomic E-state index is 13.4. The van der Waals surface area contributed by atoms with E-state index < -0.39 is 10.0 Å². The Labute approximate surface area is 201 Å². The Hall–Kier alpha value is -2.09. The van der Waals surface area contributed by atoms with Gasteiger partial charge in [-0.15, -0.1) is 0 Å². The molecule has 1 amide bonds. The second-order valence-electron chi connectivity index (χ2n) is 8.69. The van der Waals surface area contributed by atoms with E-state index >= 15 is 0 Å². The molecular formula is C25H31ClN2O4S. The van der Waals surface area contributed by atoms with E-state index in [2.05, 4.69) is 5.32 Å². The second kappa shape index (κ2) is 10.9. The summed E-state index contributed by atoms with van der Waals surface area (Å²) in [6.45, 7) is 1.45. The monoisotopic (exact) mass is 490 g/mol. The van der Waals surface area contributed by atoms with E-state index in [4.69, 9.17) is 16.3 Å². The number of aryl methyl sites for hydroxylation is 1. The van der Waals surface area contributed by atoms with Crippen molar-refractivity contribution in [2.75, 3.05) is 24.0 Å². The molecular weight excluding hydrogens is 460 g/mol. The molecule has 0 bridgehead atoms. The predicted octanol–water partition coefficient (Wildman–Crippen LogP) is 4.95. The van der Waals surface area contributed by atoms with Gasteiger partial charge in [0.05, 0.1) is 27.3 Å². The number of carbonyl (C=O) groups excluding carboxylic acids is 1. The van der Waals surface area contributed by atoms with Crippen LogP contribution in [-0.2, 0) is 21.2 Å². The molecule has 1 N–H and O–H groups in total. The lowest BCUT2D eigenvalue weighted by Crippen LogP contribution is -2.35. The molecule has 1 aliphatic heterocycles. The molecule has 2 aromatic rings. The highest BCUT2D eigenvalue weighted by molar-refractivity contribution is 7.92. The number of hydrogen-bond donors (Lipinski definition) is 1. The minimum Gasteiger partial charge on any atom is -0.378 e. The van der Waals surface area contributed by atoms with Crippen LogP contribution in [-0.4, -0.2) is 40.1 Å². The third-order valence-electron chi connectivity index (χ3n) is 6.35. The first-order chi connectivity index (χ1) is 16.0. The van der Waals surface area contributed by atoms with Crippen molar-refractivity contribution in [3.8, 4) is 0 Å². The van der Waals surface area contributed by atoms with Crippen LogP contribution < -0.4 is 9.62 Å². The van der Waals surface area contributed by atoms with Crippen LogP contribution in [0.15, 0.2) is 47.4 Å². The largest absolute Gasteiger partial charge is 0.378 e. The standard InChI is InChI=1S/C25H31ClN2O4S/c26-23-14-13-21(33(30,31)28-16-6-9-19-8-4-5-12-24(19)28)18-22(23)25(29)27-15-7-17-32-20-10-2-1-3-11-20/h4-5,8,12-14,18,20H,1-3,6-7,9-11,15-17H2,(H,27,29). The van der Waals surface area contributed by atoms with E-state index in [9.17, 15) is 13.2 Å². The molecule has 0 radical (unpaired) electrons. The summed E-state index contributed by atoms with van der Waals surface area (Å²) in [5, 5.41) is 3.07. The highest BCUT2D eigenvalue weighted by Gasteiger charge is 2.30. The van der Waals surface area contributed by atoms with Gasteiger partial charge in [-0.2, -0.15) is 0 Å². The van der Waals surface area contributed by atoms with E-state index in [0.717, 1.165) is 31.2 Å². The van der Waals surface area contributed by atoms with Crippen molar-refractivity contribution < 1.29 is 17.9 Å². The lowest BCUT2D eigenvalue weighted by atomic mass is 9.98. The molecule has 33 heavy (non-hydrogen) atoms. The molecule has 1 heterocycles. The number of amides is 1. The Bertz CT molecular complexity index is 1080. The topological polar surface area (TPSA) is 75.7 Å². The molecule has 1 fully saturated rings. The number of carbonyl (C=O) groups is 1. The predicted molar refractivity (Wildman–Crippen MR) is 131 cm³/mol. The number of anilines is 1. The summed E-state index contributed by atoms with van der Waals surface area (Å²) in [7, 11) is -3.82. The van der Waals surface area contributed by atoms with Crippen LogP contribution in [0.5, 0.6) is 0 Å². The highest BCUT2D eigenvalue weighted by Crippen LogP contribution is 2.32. The second-order valence-corrected chi connectivity index (χ2v) is 11.0. The van der Waals surface area contributed by atoms with Gasteiger partial charge in [-0.1, -0.05) is 49.1 Å². The van der Waals surface area contributed by atoms with Crippen LogP contribution in [0.1, 0.15) is 60.9 Å². The molecule has 1 saturated carbocycles. The van der Waals surface area contributed by atoms with Gasteiger partial charge in [0.2, 0.25) is 0 Å². The Kier molecular flexibility index (Phi) is 7.94. The summed E-state index contributed by atoms with van der Waals surface area (Å²) < 4.78 is 34.2. The van der Waals surface area contributed by atoms with Gasteiger partial charge in [0.15, 0.2) is 0 Å². The van der Waals surface area contributed by atoms with Gasteiger partial charge in [-0.3, -0.25) is 9.10 Å². The molecule has 2 aliphatic rings. The number of ether oxygens (including phenoxy) is 1. The number of benzene rings is 2. The Morgan fingerprint density at radius 3 is 2.70 bits per heavy atom. The van der Waals surface area contributed by atoms with Crippen LogP contribution >= 0.6 is 11.6 Å². The van der Waals surface area contributed by atoms with Gasteiger partial charge in [-0.05, 0) is 61.9 Å². The fourth-order valence-corrected chi connectivity index (χ4v) is 6.34. The zero-order valence-corrected chi connectivity index (χ0v) is 20.3. The first-order valence-electron chi connectivity index (χ1n) is 11.8. The van der Waals surface area contributed by atoms with Crippen LogP contribution in [0.2, 0.25) is 5.02 Å². The zero-order valence-electron chi connectivity index (χ0n) is 18.8. The first kappa shape index (κ1) is 24.0. The van der Waals surface area contributed by atoms with E-state index in [-0.39, 0.29) is 21.4 Å². The van der Waals surface area contributed by atoms with Gasteiger partial charge in [0.1, 0.15) is 0 Å². The smallest absolute Gasteiger partial charge is 0.264 e. The molecule has 0 saturated heterocycles.